The van der Waals surface area contributed by atoms with Gasteiger partial charge in [-0.3, -0.25) is 4.79 Å². The number of aliphatic hydroxyl groups is 6. The summed E-state index contributed by atoms with van der Waals surface area (Å²) < 4.78 is 28.7. The van der Waals surface area contributed by atoms with Gasteiger partial charge in [0.1, 0.15) is 42.7 Å². The van der Waals surface area contributed by atoms with Gasteiger partial charge in [0.2, 0.25) is 0 Å². The van der Waals surface area contributed by atoms with E-state index >= 15 is 0 Å². The van der Waals surface area contributed by atoms with E-state index in [1.54, 1.807) is 0 Å². The van der Waals surface area contributed by atoms with Crippen LogP contribution in [0.5, 0.6) is 0 Å². The van der Waals surface area contributed by atoms with Crippen molar-refractivity contribution in [3.8, 4) is 0 Å². The second kappa shape index (κ2) is 18.6. The zero-order chi connectivity index (χ0) is 30.5. The molecule has 2 bridgehead atoms. The summed E-state index contributed by atoms with van der Waals surface area (Å²) in [5.74, 6) is -0.575. The van der Waals surface area contributed by atoms with E-state index in [9.17, 15) is 35.4 Å². The van der Waals surface area contributed by atoms with Crippen molar-refractivity contribution < 1.29 is 59.1 Å². The molecule has 0 radical (unpaired) electrons. The molecule has 0 aromatic rings. The number of esters is 1. The Bertz CT molecular complexity index is 794. The predicted octanol–water partition coefficient (Wildman–Crippen LogP) is 1.21. The largest absolute Gasteiger partial charge is 0.457 e. The fourth-order valence-corrected chi connectivity index (χ4v) is 5.63. The topological polar surface area (TPSA) is 185 Å². The van der Waals surface area contributed by atoms with E-state index < -0.39 is 80.6 Å². The maximum Gasteiger partial charge on any atom is 0.306 e. The number of allylic oxidation sites excluding steroid dienone is 2. The van der Waals surface area contributed by atoms with Crippen LogP contribution in [-0.2, 0) is 28.5 Å². The van der Waals surface area contributed by atoms with E-state index in [4.69, 9.17) is 23.7 Å². The number of carbonyl (C=O) groups is 1. The van der Waals surface area contributed by atoms with Crippen molar-refractivity contribution in [3.63, 3.8) is 0 Å². The summed E-state index contributed by atoms with van der Waals surface area (Å²) >= 11 is 0. The average molecular weight is 605 g/mol. The van der Waals surface area contributed by atoms with Gasteiger partial charge in [-0.25, -0.2) is 0 Å². The quantitative estimate of drug-likeness (QED) is 0.196. The summed E-state index contributed by atoms with van der Waals surface area (Å²) in [4.78, 5) is 12.5. The second-order valence-corrected chi connectivity index (χ2v) is 11.7. The lowest BCUT2D eigenvalue weighted by Crippen LogP contribution is -2.65. The van der Waals surface area contributed by atoms with Gasteiger partial charge >= 0.3 is 5.97 Å². The van der Waals surface area contributed by atoms with Crippen LogP contribution in [0.25, 0.3) is 0 Å². The number of carbonyl (C=O) groups excluding carboxylic acids is 1. The van der Waals surface area contributed by atoms with Crippen molar-refractivity contribution in [1.82, 2.24) is 0 Å². The molecule has 0 saturated carbocycles. The number of hydrogen-bond donors (Lipinski definition) is 6. The minimum absolute atomic E-state index is 0.129. The summed E-state index contributed by atoms with van der Waals surface area (Å²) in [5, 5.41) is 62.6. The minimum Gasteiger partial charge on any atom is -0.457 e. The van der Waals surface area contributed by atoms with Crippen LogP contribution in [-0.4, -0.2) is 117 Å². The third-order valence-electron chi connectivity index (χ3n) is 8.22. The first-order valence-electron chi connectivity index (χ1n) is 15.7. The molecule has 12 nitrogen and oxygen atoms in total. The van der Waals surface area contributed by atoms with E-state index in [1.165, 1.54) is 0 Å². The molecule has 0 amide bonds. The van der Waals surface area contributed by atoms with Gasteiger partial charge in [0.05, 0.1) is 19.3 Å². The van der Waals surface area contributed by atoms with Crippen LogP contribution in [0.2, 0.25) is 0 Å². The Hall–Kier alpha value is -1.19. The van der Waals surface area contributed by atoms with Crippen LogP contribution in [0.3, 0.4) is 0 Å². The zero-order valence-electron chi connectivity index (χ0n) is 24.7. The van der Waals surface area contributed by atoms with Crippen molar-refractivity contribution in [2.24, 2.45) is 0 Å². The highest BCUT2D eigenvalue weighted by molar-refractivity contribution is 5.69. The van der Waals surface area contributed by atoms with Gasteiger partial charge in [-0.1, -0.05) is 50.7 Å². The monoisotopic (exact) mass is 604 g/mol. The molecule has 4 aliphatic rings. The summed E-state index contributed by atoms with van der Waals surface area (Å²) in [6.45, 7) is 0.625. The van der Waals surface area contributed by atoms with Gasteiger partial charge in [-0.15, -0.1) is 0 Å². The molecule has 42 heavy (non-hydrogen) atoms. The molecule has 4 heterocycles. The molecule has 12 heteroatoms. The van der Waals surface area contributed by atoms with E-state index in [2.05, 4.69) is 12.2 Å². The third kappa shape index (κ3) is 10.5. The first-order chi connectivity index (χ1) is 20.3. The lowest BCUT2D eigenvalue weighted by atomic mass is 9.97. The molecular formula is C30H52O12. The predicted molar refractivity (Wildman–Crippen MR) is 150 cm³/mol. The van der Waals surface area contributed by atoms with Crippen LogP contribution >= 0.6 is 0 Å². The van der Waals surface area contributed by atoms with Gasteiger partial charge in [0.15, 0.2) is 18.7 Å². The lowest BCUT2D eigenvalue weighted by molar-refractivity contribution is -0.371. The molecule has 6 N–H and O–H groups in total. The normalized spacial score (nSPS) is 41.9. The highest BCUT2D eigenvalue weighted by Crippen LogP contribution is 2.31. The van der Waals surface area contributed by atoms with Crippen LogP contribution in [0.15, 0.2) is 12.2 Å². The van der Waals surface area contributed by atoms with Crippen LogP contribution in [0, 0.1) is 0 Å². The molecule has 0 aliphatic carbocycles. The van der Waals surface area contributed by atoms with Gasteiger partial charge in [0.25, 0.3) is 0 Å². The SMILES string of the molecule is C[C@H]1CCCCCC/C=C\CCCCCCCC(=O)O[C@H]2[C@H](O)[C@@H](O)[C@H](O[C@H]3[C@H](O1)O[C@H](CO)[C@@H](O)[C@@H]3O)O[C@@H]2CO. The van der Waals surface area contributed by atoms with E-state index in [0.717, 1.165) is 64.2 Å². The van der Waals surface area contributed by atoms with Crippen molar-refractivity contribution in [1.29, 1.82) is 0 Å². The van der Waals surface area contributed by atoms with Gasteiger partial charge < -0.3 is 54.3 Å². The molecule has 0 unspecified atom stereocenters. The number of fused-ring (bicyclic) bond motifs is 19. The van der Waals surface area contributed by atoms with Crippen LogP contribution in [0.1, 0.15) is 90.4 Å². The third-order valence-corrected chi connectivity index (χ3v) is 8.22. The summed E-state index contributed by atoms with van der Waals surface area (Å²) in [5.41, 5.74) is 0. The first kappa shape index (κ1) is 35.3. The molecule has 2 fully saturated rings. The molecule has 4 aliphatic heterocycles. The Morgan fingerprint density at radius 2 is 1.21 bits per heavy atom. The zero-order valence-corrected chi connectivity index (χ0v) is 24.7. The van der Waals surface area contributed by atoms with Crippen LogP contribution < -0.4 is 0 Å². The second-order valence-electron chi connectivity index (χ2n) is 11.7. The van der Waals surface area contributed by atoms with Crippen molar-refractivity contribution in [2.75, 3.05) is 13.2 Å². The van der Waals surface area contributed by atoms with Crippen molar-refractivity contribution >= 4 is 5.97 Å². The Labute approximate surface area is 248 Å². The minimum atomic E-state index is -1.73. The molecule has 244 valence electrons. The highest BCUT2D eigenvalue weighted by Gasteiger charge is 2.52. The lowest BCUT2D eigenvalue weighted by Gasteiger charge is -2.46. The van der Waals surface area contributed by atoms with E-state index in [1.807, 2.05) is 6.92 Å². The molecule has 11 atom stereocenters. The Morgan fingerprint density at radius 1 is 0.643 bits per heavy atom. The number of aliphatic hydroxyl groups excluding tert-OH is 6. The fourth-order valence-electron chi connectivity index (χ4n) is 5.63. The molecule has 4 rings (SSSR count). The number of ether oxygens (including phenoxy) is 5. The molecule has 0 spiro atoms. The highest BCUT2D eigenvalue weighted by atomic mass is 16.8. The fraction of sp³-hybridized carbons (Fsp3) is 0.900. The average Bonchev–Trinajstić information content (AvgIpc) is 2.97. The Morgan fingerprint density at radius 3 is 1.88 bits per heavy atom. The number of rotatable bonds is 2. The smallest absolute Gasteiger partial charge is 0.306 e. The Kier molecular flexibility index (Phi) is 15.6. The van der Waals surface area contributed by atoms with E-state index in [0.29, 0.717) is 12.8 Å². The molecule has 0 aromatic heterocycles. The first-order valence-corrected chi connectivity index (χ1v) is 15.7. The number of hydrogen-bond acceptors (Lipinski definition) is 12. The maximum absolute atomic E-state index is 12.5. The summed E-state index contributed by atoms with van der Waals surface area (Å²) in [6, 6.07) is 0. The van der Waals surface area contributed by atoms with E-state index in [-0.39, 0.29) is 12.5 Å². The van der Waals surface area contributed by atoms with Gasteiger partial charge in [-0.2, -0.15) is 0 Å². The maximum atomic E-state index is 12.5. The molecule has 0 aromatic carbocycles. The standard InChI is InChI=1S/C30H52O12/c1-19-15-13-11-9-7-5-3-2-4-6-8-10-12-14-16-22(33)41-27-21(18-32)40-29(26(37)25(27)36)42-28-24(35)23(34)20(17-31)39-30(28)38-19/h2-3,19-21,23-32,34-37H,4-18H2,1H3/b3-2-/t19-,20+,21+,23+,24-,25+,26+,27+,28+,29-,30+/m0/s1. The van der Waals surface area contributed by atoms with Crippen LogP contribution in [0.4, 0.5) is 0 Å². The van der Waals surface area contributed by atoms with Crippen molar-refractivity contribution in [3.05, 3.63) is 12.2 Å². The summed E-state index contributed by atoms with van der Waals surface area (Å²) in [7, 11) is 0. The molecular weight excluding hydrogens is 552 g/mol. The summed E-state index contributed by atoms with van der Waals surface area (Å²) in [6.07, 6.45) is 1.47. The van der Waals surface area contributed by atoms with Gasteiger partial charge in [-0.05, 0) is 45.4 Å². The van der Waals surface area contributed by atoms with Crippen molar-refractivity contribution in [2.45, 2.75) is 158 Å². The van der Waals surface area contributed by atoms with Gasteiger partial charge in [0, 0.05) is 6.42 Å². The Balaban J connectivity index is 1.72. The molecule has 2 saturated heterocycles.